The molecule has 1 fully saturated rings. The SMILES string of the molecule is [B][C@H]1CC(OP(=O)(OCCC#N)OCC(CCCCNC(=O)OCC2c3ccccc3-c3ccccc32)COC)[C@@H](COC(c2ccccc2)(c2ccc(OC)cc2)c2ccc(OC)cc2)O1. The Labute approximate surface area is 395 Å². The number of ether oxygens (including phenoxy) is 6. The van der Waals surface area contributed by atoms with Crippen LogP contribution in [0.5, 0.6) is 11.5 Å². The number of nitriles is 1. The van der Waals surface area contributed by atoms with Crippen molar-refractivity contribution >= 4 is 21.8 Å². The first-order valence-electron chi connectivity index (χ1n) is 22.6. The third kappa shape index (κ3) is 12.4. The predicted octanol–water partition coefficient (Wildman–Crippen LogP) is 9.71. The molecule has 350 valence electrons. The van der Waals surface area contributed by atoms with E-state index >= 15 is 0 Å². The van der Waals surface area contributed by atoms with Crippen molar-refractivity contribution < 1.29 is 51.4 Å². The van der Waals surface area contributed by atoms with Gasteiger partial charge < -0.3 is 33.7 Å². The molecule has 2 aliphatic rings. The first kappa shape index (κ1) is 49.4. The van der Waals surface area contributed by atoms with Gasteiger partial charge in [-0.3, -0.25) is 13.6 Å². The molecule has 0 saturated carbocycles. The van der Waals surface area contributed by atoms with Crippen LogP contribution in [0.1, 0.15) is 65.8 Å². The molecule has 67 heavy (non-hydrogen) atoms. The van der Waals surface area contributed by atoms with Crippen LogP contribution in [0, 0.1) is 17.2 Å². The average molecular weight is 929 g/mol. The van der Waals surface area contributed by atoms with E-state index in [0.29, 0.717) is 43.9 Å². The van der Waals surface area contributed by atoms with Crippen molar-refractivity contribution in [1.82, 2.24) is 5.32 Å². The van der Waals surface area contributed by atoms with E-state index in [4.69, 9.17) is 49.8 Å². The number of carbonyl (C=O) groups is 1. The topological polar surface area (TPSA) is 153 Å². The summed E-state index contributed by atoms with van der Waals surface area (Å²) < 4.78 is 68.0. The van der Waals surface area contributed by atoms with E-state index in [1.54, 1.807) is 21.3 Å². The molecular formula is C52H58BN2O11P. The fourth-order valence-corrected chi connectivity index (χ4v) is 10.3. The molecule has 13 nitrogen and oxygen atoms in total. The Kier molecular flexibility index (Phi) is 17.7. The molecule has 1 heterocycles. The van der Waals surface area contributed by atoms with Crippen LogP contribution in [0.4, 0.5) is 4.79 Å². The Bertz CT molecular complexity index is 2340. The summed E-state index contributed by atoms with van der Waals surface area (Å²) in [6, 6.07) is 42.8. The molecular weight excluding hydrogens is 870 g/mol. The Morgan fingerprint density at radius 3 is 1.99 bits per heavy atom. The molecule has 1 aliphatic carbocycles. The Morgan fingerprint density at radius 1 is 0.791 bits per heavy atom. The summed E-state index contributed by atoms with van der Waals surface area (Å²) in [4.78, 5) is 12.8. The zero-order valence-electron chi connectivity index (χ0n) is 38.3. The minimum absolute atomic E-state index is 0.0235. The highest BCUT2D eigenvalue weighted by Crippen LogP contribution is 2.53. The molecule has 1 aliphatic heterocycles. The van der Waals surface area contributed by atoms with Crippen molar-refractivity contribution in [1.29, 1.82) is 5.26 Å². The van der Waals surface area contributed by atoms with Crippen LogP contribution in [0.3, 0.4) is 0 Å². The highest BCUT2D eigenvalue weighted by Gasteiger charge is 2.44. The molecule has 3 unspecified atom stereocenters. The van der Waals surface area contributed by atoms with E-state index in [0.717, 1.165) is 27.8 Å². The van der Waals surface area contributed by atoms with Gasteiger partial charge in [0.15, 0.2) is 0 Å². The van der Waals surface area contributed by atoms with Crippen molar-refractivity contribution in [2.24, 2.45) is 5.92 Å². The molecule has 5 aromatic rings. The number of rotatable bonds is 25. The first-order chi connectivity index (χ1) is 32.7. The van der Waals surface area contributed by atoms with Gasteiger partial charge in [-0.2, -0.15) is 5.26 Å². The van der Waals surface area contributed by atoms with Gasteiger partial charge in [0.2, 0.25) is 0 Å². The number of hydrogen-bond donors (Lipinski definition) is 1. The van der Waals surface area contributed by atoms with Gasteiger partial charge in [-0.25, -0.2) is 9.36 Å². The van der Waals surface area contributed by atoms with Gasteiger partial charge >= 0.3 is 13.9 Å². The quantitative estimate of drug-likeness (QED) is 0.0257. The summed E-state index contributed by atoms with van der Waals surface area (Å²) in [6.07, 6.45) is -0.0119. The van der Waals surface area contributed by atoms with Crippen LogP contribution in [0.2, 0.25) is 0 Å². The van der Waals surface area contributed by atoms with Crippen molar-refractivity contribution in [3.05, 3.63) is 155 Å². The van der Waals surface area contributed by atoms with Crippen LogP contribution in [-0.4, -0.2) is 93.1 Å². The number of fused-ring (bicyclic) bond motifs is 3. The highest BCUT2D eigenvalue weighted by atomic mass is 31.2. The number of methoxy groups -OCH3 is 3. The maximum absolute atomic E-state index is 14.5. The predicted molar refractivity (Wildman–Crippen MR) is 254 cm³/mol. The van der Waals surface area contributed by atoms with Crippen LogP contribution in [0.25, 0.3) is 11.1 Å². The number of nitrogens with one attached hydrogen (secondary N) is 1. The fourth-order valence-electron chi connectivity index (χ4n) is 8.80. The lowest BCUT2D eigenvalue weighted by Gasteiger charge is -2.37. The second kappa shape index (κ2) is 24.0. The lowest BCUT2D eigenvalue weighted by Crippen LogP contribution is -2.38. The molecule has 7 rings (SSSR count). The number of hydrogen-bond acceptors (Lipinski definition) is 12. The van der Waals surface area contributed by atoms with E-state index in [1.807, 2.05) is 109 Å². The van der Waals surface area contributed by atoms with E-state index in [9.17, 15) is 14.6 Å². The monoisotopic (exact) mass is 928 g/mol. The van der Waals surface area contributed by atoms with Gasteiger partial charge in [0.05, 0.1) is 59.2 Å². The second-order valence-electron chi connectivity index (χ2n) is 16.5. The van der Waals surface area contributed by atoms with Gasteiger partial charge in [0, 0.05) is 31.5 Å². The standard InChI is InChI=1S/C52H58BN2O11P/c1-58-33-37(14-11-12-30-55-51(56)61-35-47-45-19-9-7-17-43(45)44-18-8-10-20-46(44)47)34-64-67(57,63-31-13-29-54)66-48-32-50(53)65-49(48)36-62-52(38-15-5-4-6-16-38,39-21-25-41(59-2)26-22-39)40-23-27-42(60-3)28-24-40/h4-10,15-28,37,47-50H,11-14,30-36H2,1-3H3,(H,55,56)/t37?,48?,49-,50-,67?/m1/s1. The van der Waals surface area contributed by atoms with E-state index in [-0.39, 0.29) is 51.1 Å². The van der Waals surface area contributed by atoms with Crippen molar-refractivity contribution in [2.75, 3.05) is 60.9 Å². The Balaban J connectivity index is 0.975. The van der Waals surface area contributed by atoms with E-state index in [2.05, 4.69) is 29.6 Å². The average Bonchev–Trinajstić information content (AvgIpc) is 3.88. The van der Waals surface area contributed by atoms with E-state index in [1.165, 1.54) is 11.1 Å². The van der Waals surface area contributed by atoms with Crippen LogP contribution < -0.4 is 14.8 Å². The zero-order chi connectivity index (χ0) is 47.1. The largest absolute Gasteiger partial charge is 0.497 e. The van der Waals surface area contributed by atoms with E-state index < -0.39 is 37.7 Å². The summed E-state index contributed by atoms with van der Waals surface area (Å²) in [5.74, 6) is 1.14. The Hall–Kier alpha value is -5.49. The molecule has 1 amide bonds. The number of carbonyl (C=O) groups excluding carboxylic acids is 1. The minimum atomic E-state index is -4.31. The molecule has 5 aromatic carbocycles. The number of amides is 1. The third-order valence-corrected chi connectivity index (χ3v) is 13.6. The van der Waals surface area contributed by atoms with Crippen LogP contribution in [-0.2, 0) is 42.7 Å². The maximum atomic E-state index is 14.5. The lowest BCUT2D eigenvalue weighted by atomic mass is 9.80. The molecule has 5 atom stereocenters. The van der Waals surface area contributed by atoms with Crippen molar-refractivity contribution in [3.8, 4) is 28.7 Å². The lowest BCUT2D eigenvalue weighted by molar-refractivity contribution is -0.0749. The summed E-state index contributed by atoms with van der Waals surface area (Å²) in [6.45, 7) is 0.704. The molecule has 0 bridgehead atoms. The summed E-state index contributed by atoms with van der Waals surface area (Å²) >= 11 is 0. The second-order valence-corrected chi connectivity index (χ2v) is 18.1. The first-order valence-corrected chi connectivity index (χ1v) is 24.1. The molecule has 1 N–H and O–H groups in total. The summed E-state index contributed by atoms with van der Waals surface area (Å²) in [5.41, 5.74) is 5.95. The molecule has 15 heteroatoms. The van der Waals surface area contributed by atoms with Gasteiger partial charge in [0.25, 0.3) is 0 Å². The molecule has 1 saturated heterocycles. The third-order valence-electron chi connectivity index (χ3n) is 12.1. The van der Waals surface area contributed by atoms with Gasteiger partial charge in [-0.15, -0.1) is 0 Å². The number of unbranched alkanes of at least 4 members (excludes halogenated alkanes) is 1. The molecule has 2 radical (unpaired) electrons. The zero-order valence-corrected chi connectivity index (χ0v) is 39.1. The van der Waals surface area contributed by atoms with Crippen LogP contribution >= 0.6 is 7.82 Å². The number of nitrogens with zero attached hydrogens (tertiary/aromatic N) is 1. The number of phosphoric acid groups is 1. The Morgan fingerprint density at radius 2 is 1.39 bits per heavy atom. The number of phosphoric ester groups is 1. The number of benzene rings is 5. The fraction of sp³-hybridized carbons (Fsp3) is 0.385. The normalized spacial score (nSPS) is 18.0. The minimum Gasteiger partial charge on any atom is -0.497 e. The number of alkyl carbamates (subject to hydrolysis) is 1. The van der Waals surface area contributed by atoms with Gasteiger partial charge in [-0.1, -0.05) is 110 Å². The van der Waals surface area contributed by atoms with Gasteiger partial charge in [-0.05, 0) is 82.5 Å². The maximum Gasteiger partial charge on any atom is 0.475 e. The summed E-state index contributed by atoms with van der Waals surface area (Å²) in [7, 11) is 6.88. The van der Waals surface area contributed by atoms with Crippen LogP contribution in [0.15, 0.2) is 127 Å². The van der Waals surface area contributed by atoms with Crippen molar-refractivity contribution in [2.45, 2.75) is 61.8 Å². The smallest absolute Gasteiger partial charge is 0.475 e. The van der Waals surface area contributed by atoms with Crippen molar-refractivity contribution in [3.63, 3.8) is 0 Å². The van der Waals surface area contributed by atoms with Gasteiger partial charge in [0.1, 0.15) is 37.7 Å². The summed E-state index contributed by atoms with van der Waals surface area (Å²) in [5, 5.41) is 12.2. The highest BCUT2D eigenvalue weighted by molar-refractivity contribution is 7.48. The molecule has 0 aromatic heterocycles. The molecule has 0 spiro atoms.